The van der Waals surface area contributed by atoms with Crippen LogP contribution in [0.4, 0.5) is 11.4 Å². The van der Waals surface area contributed by atoms with Crippen LogP contribution < -0.4 is 21.6 Å². The fourth-order valence-electron chi connectivity index (χ4n) is 5.30. The van der Waals surface area contributed by atoms with Crippen LogP contribution in [0.2, 0.25) is 10.0 Å². The highest BCUT2D eigenvalue weighted by Crippen LogP contribution is 2.51. The molecule has 0 radical (unpaired) electrons. The standard InChI is InChI=1S/C32H32Cl2N8/c1-31(2,3)19-38-28-20(15-35)16-37-29-24(28)13-22(14-26(29)34)39-30(23-8-4-5-9-25(23)33)27-18-42(41-40-27)32(10-11-32)21-7-6-12-36-17-21/h4-9,12-14,16-18,30,39-41H,10-11,19H2,1-3H3,(H,37,38). The third-order valence-corrected chi connectivity index (χ3v) is 8.28. The van der Waals surface area contributed by atoms with E-state index in [0.29, 0.717) is 27.7 Å². The number of nitrogens with zero attached hydrogens (tertiary/aromatic N) is 4. The molecule has 4 aromatic rings. The van der Waals surface area contributed by atoms with Gasteiger partial charge in [-0.05, 0) is 53.6 Å². The summed E-state index contributed by atoms with van der Waals surface area (Å²) in [5, 5.41) is 21.0. The summed E-state index contributed by atoms with van der Waals surface area (Å²) >= 11 is 13.6. The molecule has 1 aliphatic carbocycles. The van der Waals surface area contributed by atoms with Gasteiger partial charge in [-0.25, -0.2) is 0 Å². The Balaban J connectivity index is 1.40. The summed E-state index contributed by atoms with van der Waals surface area (Å²) in [7, 11) is 0. The number of hydrazine groups is 2. The molecule has 1 unspecified atom stereocenters. The highest BCUT2D eigenvalue weighted by molar-refractivity contribution is 6.36. The minimum absolute atomic E-state index is 0.00531. The monoisotopic (exact) mass is 598 g/mol. The van der Waals surface area contributed by atoms with Crippen LogP contribution in [0.5, 0.6) is 0 Å². The van der Waals surface area contributed by atoms with Crippen LogP contribution in [0.15, 0.2) is 79.0 Å². The summed E-state index contributed by atoms with van der Waals surface area (Å²) in [5.74, 6) is 0. The molecule has 4 N–H and O–H groups in total. The summed E-state index contributed by atoms with van der Waals surface area (Å²) in [6, 6.07) is 17.7. The van der Waals surface area contributed by atoms with Crippen molar-refractivity contribution < 1.29 is 0 Å². The number of pyridine rings is 2. The summed E-state index contributed by atoms with van der Waals surface area (Å²) in [6.07, 6.45) is 9.41. The quantitative estimate of drug-likeness (QED) is 0.168. The second-order valence-corrected chi connectivity index (χ2v) is 12.8. The average molecular weight is 600 g/mol. The first-order chi connectivity index (χ1) is 20.2. The van der Waals surface area contributed by atoms with E-state index < -0.39 is 0 Å². The lowest BCUT2D eigenvalue weighted by Gasteiger charge is -2.27. The van der Waals surface area contributed by atoms with E-state index in [1.54, 1.807) is 12.4 Å². The van der Waals surface area contributed by atoms with Crippen LogP contribution in [-0.2, 0) is 5.54 Å². The smallest absolute Gasteiger partial charge is 0.103 e. The third kappa shape index (κ3) is 5.43. The van der Waals surface area contributed by atoms with Crippen LogP contribution in [0.3, 0.4) is 0 Å². The maximum Gasteiger partial charge on any atom is 0.103 e. The number of benzene rings is 2. The van der Waals surface area contributed by atoms with Crippen LogP contribution in [0, 0.1) is 16.7 Å². The number of nitrogens with one attached hydrogen (secondary N) is 4. The molecule has 1 atom stereocenters. The van der Waals surface area contributed by atoms with Gasteiger partial charge in [0.25, 0.3) is 0 Å². The number of aromatic nitrogens is 2. The molecule has 2 aromatic heterocycles. The van der Waals surface area contributed by atoms with Crippen LogP contribution in [0.1, 0.15) is 56.3 Å². The maximum atomic E-state index is 9.87. The van der Waals surface area contributed by atoms with Crippen LogP contribution in [-0.4, -0.2) is 21.5 Å². The molecule has 6 rings (SSSR count). The predicted octanol–water partition coefficient (Wildman–Crippen LogP) is 7.27. The highest BCUT2D eigenvalue weighted by atomic mass is 35.5. The van der Waals surface area contributed by atoms with Crippen molar-refractivity contribution in [3.8, 4) is 6.07 Å². The summed E-state index contributed by atoms with van der Waals surface area (Å²) < 4.78 is 0. The Hall–Kier alpha value is -4.03. The number of halogens is 2. The molecule has 0 bridgehead atoms. The van der Waals surface area contributed by atoms with Gasteiger partial charge in [-0.2, -0.15) is 5.26 Å². The number of hydrogen-bond acceptors (Lipinski definition) is 8. The molecule has 0 amide bonds. The van der Waals surface area contributed by atoms with Gasteiger partial charge in [-0.3, -0.25) is 15.0 Å². The molecule has 42 heavy (non-hydrogen) atoms. The predicted molar refractivity (Wildman–Crippen MR) is 169 cm³/mol. The van der Waals surface area contributed by atoms with Crippen molar-refractivity contribution in [1.82, 2.24) is 25.9 Å². The van der Waals surface area contributed by atoms with Gasteiger partial charge in [0.05, 0.1) is 39.1 Å². The van der Waals surface area contributed by atoms with E-state index in [9.17, 15) is 5.26 Å². The SMILES string of the molecule is CC(C)(C)CNc1c(C#N)cnc2c(Cl)cc(NC(C3=CN(C4(c5cccnc5)CC4)NN3)c3ccccc3Cl)cc12. The molecule has 2 aliphatic rings. The molecule has 0 spiro atoms. The van der Waals surface area contributed by atoms with Gasteiger partial charge in [0.15, 0.2) is 0 Å². The summed E-state index contributed by atoms with van der Waals surface area (Å²) in [4.78, 5) is 8.85. The van der Waals surface area contributed by atoms with Crippen molar-refractivity contribution in [2.75, 3.05) is 17.2 Å². The van der Waals surface area contributed by atoms with E-state index in [1.165, 1.54) is 0 Å². The van der Waals surface area contributed by atoms with Crippen molar-refractivity contribution >= 4 is 45.5 Å². The minimum atomic E-state index is -0.340. The maximum absolute atomic E-state index is 9.87. The highest BCUT2D eigenvalue weighted by Gasteiger charge is 2.51. The number of rotatable bonds is 8. The van der Waals surface area contributed by atoms with Crippen LogP contribution >= 0.6 is 23.2 Å². The van der Waals surface area contributed by atoms with Gasteiger partial charge < -0.3 is 16.1 Å². The Morgan fingerprint density at radius 2 is 1.90 bits per heavy atom. The second kappa shape index (κ2) is 11.0. The first-order valence-corrected chi connectivity index (χ1v) is 14.6. The van der Waals surface area contributed by atoms with Gasteiger partial charge in [0, 0.05) is 47.4 Å². The number of anilines is 2. The normalized spacial score (nSPS) is 16.4. The Morgan fingerprint density at radius 3 is 2.60 bits per heavy atom. The molecule has 0 saturated heterocycles. The van der Waals surface area contributed by atoms with E-state index in [1.807, 2.05) is 48.7 Å². The molecular weight excluding hydrogens is 567 g/mol. The number of nitriles is 1. The van der Waals surface area contributed by atoms with Crippen molar-refractivity contribution in [1.29, 1.82) is 5.26 Å². The lowest BCUT2D eigenvalue weighted by molar-refractivity contribution is 0.176. The molecule has 1 aliphatic heterocycles. The second-order valence-electron chi connectivity index (χ2n) is 12.0. The topological polar surface area (TPSA) is 101 Å². The van der Waals surface area contributed by atoms with Gasteiger partial charge in [-0.1, -0.05) is 68.2 Å². The zero-order chi connectivity index (χ0) is 29.5. The van der Waals surface area contributed by atoms with Gasteiger partial charge in [0.1, 0.15) is 6.07 Å². The number of fused-ring (bicyclic) bond motifs is 1. The molecule has 1 fully saturated rings. The lowest BCUT2D eigenvalue weighted by atomic mass is 9.96. The zero-order valence-corrected chi connectivity index (χ0v) is 25.2. The fraction of sp³-hybridized carbons (Fsp3) is 0.281. The van der Waals surface area contributed by atoms with E-state index in [4.69, 9.17) is 23.2 Å². The van der Waals surface area contributed by atoms with Gasteiger partial charge >= 0.3 is 0 Å². The Labute approximate surface area is 255 Å². The first kappa shape index (κ1) is 28.1. The van der Waals surface area contributed by atoms with E-state index in [0.717, 1.165) is 46.4 Å². The third-order valence-electron chi connectivity index (χ3n) is 7.65. The lowest BCUT2D eigenvalue weighted by Crippen LogP contribution is -2.43. The Kier molecular flexibility index (Phi) is 7.36. The van der Waals surface area contributed by atoms with Crippen molar-refractivity contribution in [2.45, 2.75) is 45.2 Å². The first-order valence-electron chi connectivity index (χ1n) is 13.9. The van der Waals surface area contributed by atoms with Crippen molar-refractivity contribution in [3.05, 3.63) is 106 Å². The molecule has 1 saturated carbocycles. The van der Waals surface area contributed by atoms with E-state index in [2.05, 4.69) is 75.7 Å². The summed E-state index contributed by atoms with van der Waals surface area (Å²) in [6.45, 7) is 7.10. The Bertz CT molecular complexity index is 1700. The molecular formula is C32H32Cl2N8. The van der Waals surface area contributed by atoms with E-state index in [-0.39, 0.29) is 17.0 Å². The largest absolute Gasteiger partial charge is 0.383 e. The zero-order valence-electron chi connectivity index (χ0n) is 23.7. The minimum Gasteiger partial charge on any atom is -0.383 e. The average Bonchev–Trinajstić information content (AvgIpc) is 3.64. The van der Waals surface area contributed by atoms with Crippen LogP contribution in [0.25, 0.3) is 10.9 Å². The molecule has 10 heteroatoms. The number of hydrogen-bond donors (Lipinski definition) is 4. The fourth-order valence-corrected chi connectivity index (χ4v) is 5.81. The van der Waals surface area contributed by atoms with Crippen molar-refractivity contribution in [3.63, 3.8) is 0 Å². The molecule has 214 valence electrons. The molecule has 3 heterocycles. The van der Waals surface area contributed by atoms with Gasteiger partial charge in [0.2, 0.25) is 0 Å². The summed E-state index contributed by atoms with van der Waals surface area (Å²) in [5.41, 5.74) is 12.1. The molecule has 8 nitrogen and oxygen atoms in total. The van der Waals surface area contributed by atoms with E-state index >= 15 is 0 Å². The Morgan fingerprint density at radius 1 is 1.10 bits per heavy atom. The van der Waals surface area contributed by atoms with Gasteiger partial charge in [-0.15, -0.1) is 5.53 Å². The molecule has 2 aromatic carbocycles. The van der Waals surface area contributed by atoms with Crippen molar-refractivity contribution in [2.24, 2.45) is 5.41 Å².